The third-order valence-electron chi connectivity index (χ3n) is 4.51. The predicted octanol–water partition coefficient (Wildman–Crippen LogP) is 1.11. The Balaban J connectivity index is 1.66. The van der Waals surface area contributed by atoms with Crippen LogP contribution < -0.4 is 5.73 Å². The Morgan fingerprint density at radius 1 is 1.20 bits per heavy atom. The Morgan fingerprint density at radius 2 is 2.00 bits per heavy atom. The van der Waals surface area contributed by atoms with Gasteiger partial charge in [-0.3, -0.25) is 9.69 Å². The van der Waals surface area contributed by atoms with Crippen molar-refractivity contribution in [3.63, 3.8) is 0 Å². The summed E-state index contributed by atoms with van der Waals surface area (Å²) in [6, 6.07) is 8.50. The molecular weight excluding hydrogens is 250 g/mol. The van der Waals surface area contributed by atoms with E-state index < -0.39 is 0 Å². The lowest BCUT2D eigenvalue weighted by Gasteiger charge is -2.37. The molecule has 2 fully saturated rings. The Kier molecular flexibility index (Phi) is 4.03. The van der Waals surface area contributed by atoms with Crippen LogP contribution in [0.25, 0.3) is 0 Å². The number of nitrogens with two attached hydrogens (primary N) is 1. The van der Waals surface area contributed by atoms with Gasteiger partial charge in [0.25, 0.3) is 5.91 Å². The number of carbonyl (C=O) groups is 1. The van der Waals surface area contributed by atoms with E-state index in [1.54, 1.807) is 0 Å². The van der Waals surface area contributed by atoms with E-state index in [9.17, 15) is 4.79 Å². The van der Waals surface area contributed by atoms with Crippen LogP contribution in [0.4, 0.5) is 0 Å². The van der Waals surface area contributed by atoms with E-state index in [1.165, 1.54) is 24.9 Å². The maximum atomic E-state index is 12.5. The highest BCUT2D eigenvalue weighted by atomic mass is 16.2. The molecule has 4 heteroatoms. The summed E-state index contributed by atoms with van der Waals surface area (Å²) in [5.41, 5.74) is 7.55. The lowest BCUT2D eigenvalue weighted by Crippen LogP contribution is -2.52. The van der Waals surface area contributed by atoms with Crippen LogP contribution >= 0.6 is 0 Å². The maximum absolute atomic E-state index is 12.5. The van der Waals surface area contributed by atoms with Gasteiger partial charge in [-0.15, -0.1) is 0 Å². The molecule has 0 bridgehead atoms. The number of rotatable bonds is 3. The highest BCUT2D eigenvalue weighted by molar-refractivity contribution is 5.94. The highest BCUT2D eigenvalue weighted by Gasteiger charge is 2.32. The molecule has 0 radical (unpaired) electrons. The van der Waals surface area contributed by atoms with Crippen molar-refractivity contribution in [2.24, 2.45) is 5.73 Å². The van der Waals surface area contributed by atoms with Gasteiger partial charge in [-0.25, -0.2) is 0 Å². The van der Waals surface area contributed by atoms with Crippen molar-refractivity contribution in [2.75, 3.05) is 32.7 Å². The Morgan fingerprint density at radius 3 is 2.75 bits per heavy atom. The van der Waals surface area contributed by atoms with Gasteiger partial charge in [-0.2, -0.15) is 0 Å². The molecule has 2 aliphatic heterocycles. The van der Waals surface area contributed by atoms with Gasteiger partial charge in [0.2, 0.25) is 0 Å². The average molecular weight is 273 g/mol. The van der Waals surface area contributed by atoms with E-state index in [0.29, 0.717) is 12.6 Å². The zero-order valence-electron chi connectivity index (χ0n) is 11.9. The van der Waals surface area contributed by atoms with E-state index in [0.717, 1.165) is 31.6 Å². The van der Waals surface area contributed by atoms with Gasteiger partial charge < -0.3 is 10.6 Å². The van der Waals surface area contributed by atoms with E-state index in [-0.39, 0.29) is 5.91 Å². The molecule has 1 unspecified atom stereocenters. The number of nitrogens with zero attached hydrogens (tertiary/aromatic N) is 2. The fraction of sp³-hybridized carbons (Fsp3) is 0.562. The number of benzene rings is 1. The van der Waals surface area contributed by atoms with Crippen LogP contribution in [0, 0.1) is 0 Å². The first kappa shape index (κ1) is 13.6. The summed E-state index contributed by atoms with van der Waals surface area (Å²) in [7, 11) is 0. The minimum absolute atomic E-state index is 0.177. The fourth-order valence-corrected chi connectivity index (χ4v) is 3.34. The lowest BCUT2D eigenvalue weighted by molar-refractivity contribution is 0.0571. The Hall–Kier alpha value is -1.39. The van der Waals surface area contributed by atoms with Crippen molar-refractivity contribution in [1.29, 1.82) is 0 Å². The molecular formula is C16H23N3O. The molecule has 1 atom stereocenters. The predicted molar refractivity (Wildman–Crippen MR) is 79.7 cm³/mol. The van der Waals surface area contributed by atoms with Crippen LogP contribution in [-0.4, -0.2) is 54.5 Å². The van der Waals surface area contributed by atoms with E-state index >= 15 is 0 Å². The highest BCUT2D eigenvalue weighted by Crippen LogP contribution is 2.22. The van der Waals surface area contributed by atoms with Crippen molar-refractivity contribution in [3.8, 4) is 0 Å². The second kappa shape index (κ2) is 5.94. The molecule has 20 heavy (non-hydrogen) atoms. The van der Waals surface area contributed by atoms with Gasteiger partial charge >= 0.3 is 0 Å². The summed E-state index contributed by atoms with van der Waals surface area (Å²) in [4.78, 5) is 17.1. The summed E-state index contributed by atoms with van der Waals surface area (Å²) in [5.74, 6) is 0.177. The standard InChI is InChI=1S/C16H23N3O/c17-8-7-13-3-5-14(6-4-13)16(20)19-11-10-18-9-1-2-15(18)12-19/h3-6,15H,1-2,7-12,17H2. The van der Waals surface area contributed by atoms with Crippen LogP contribution in [0.3, 0.4) is 0 Å². The molecule has 0 aromatic heterocycles. The third-order valence-corrected chi connectivity index (χ3v) is 4.51. The number of amides is 1. The first-order valence-electron chi connectivity index (χ1n) is 7.60. The molecule has 108 valence electrons. The molecule has 2 saturated heterocycles. The number of fused-ring (bicyclic) bond motifs is 1. The molecule has 1 aromatic rings. The molecule has 1 aromatic carbocycles. The second-order valence-electron chi connectivity index (χ2n) is 5.82. The largest absolute Gasteiger partial charge is 0.336 e. The topological polar surface area (TPSA) is 49.6 Å². The van der Waals surface area contributed by atoms with E-state index in [1.807, 2.05) is 29.2 Å². The summed E-state index contributed by atoms with van der Waals surface area (Å²) in [5, 5.41) is 0. The van der Waals surface area contributed by atoms with Crippen molar-refractivity contribution in [1.82, 2.24) is 9.80 Å². The van der Waals surface area contributed by atoms with Crippen molar-refractivity contribution in [2.45, 2.75) is 25.3 Å². The van der Waals surface area contributed by atoms with Gasteiger partial charge in [0.05, 0.1) is 0 Å². The number of carbonyl (C=O) groups excluding carboxylic acids is 1. The van der Waals surface area contributed by atoms with Gasteiger partial charge in [-0.1, -0.05) is 12.1 Å². The van der Waals surface area contributed by atoms with Gasteiger partial charge in [0.1, 0.15) is 0 Å². The van der Waals surface area contributed by atoms with Crippen LogP contribution in [0.5, 0.6) is 0 Å². The minimum atomic E-state index is 0.177. The van der Waals surface area contributed by atoms with E-state index in [2.05, 4.69) is 4.90 Å². The molecule has 0 aliphatic carbocycles. The maximum Gasteiger partial charge on any atom is 0.253 e. The first-order chi connectivity index (χ1) is 9.78. The average Bonchev–Trinajstić information content (AvgIpc) is 2.95. The quantitative estimate of drug-likeness (QED) is 0.897. The Labute approximate surface area is 120 Å². The number of piperazine rings is 1. The SMILES string of the molecule is NCCc1ccc(C(=O)N2CCN3CCCC3C2)cc1. The minimum Gasteiger partial charge on any atom is -0.336 e. The zero-order valence-corrected chi connectivity index (χ0v) is 11.9. The monoisotopic (exact) mass is 273 g/mol. The second-order valence-corrected chi connectivity index (χ2v) is 5.82. The summed E-state index contributed by atoms with van der Waals surface area (Å²) >= 11 is 0. The first-order valence-corrected chi connectivity index (χ1v) is 7.60. The molecule has 0 spiro atoms. The fourth-order valence-electron chi connectivity index (χ4n) is 3.34. The van der Waals surface area contributed by atoms with Gasteiger partial charge in [0, 0.05) is 31.2 Å². The summed E-state index contributed by atoms with van der Waals surface area (Å²) < 4.78 is 0. The number of hydrogen-bond donors (Lipinski definition) is 1. The molecule has 2 N–H and O–H groups in total. The Bertz CT molecular complexity index is 471. The molecule has 0 saturated carbocycles. The van der Waals surface area contributed by atoms with Crippen molar-refractivity contribution >= 4 is 5.91 Å². The van der Waals surface area contributed by atoms with Crippen molar-refractivity contribution in [3.05, 3.63) is 35.4 Å². The molecule has 3 rings (SSSR count). The summed E-state index contributed by atoms with van der Waals surface area (Å²) in [6.07, 6.45) is 3.38. The lowest BCUT2D eigenvalue weighted by atomic mass is 10.1. The molecule has 1 amide bonds. The third kappa shape index (κ3) is 2.72. The van der Waals surface area contributed by atoms with Gasteiger partial charge in [-0.05, 0) is 50.0 Å². The summed E-state index contributed by atoms with van der Waals surface area (Å²) in [6.45, 7) is 4.64. The molecule has 4 nitrogen and oxygen atoms in total. The van der Waals surface area contributed by atoms with Crippen LogP contribution in [0.2, 0.25) is 0 Å². The van der Waals surface area contributed by atoms with Crippen LogP contribution in [0.1, 0.15) is 28.8 Å². The zero-order chi connectivity index (χ0) is 13.9. The molecule has 2 heterocycles. The molecule has 2 aliphatic rings. The van der Waals surface area contributed by atoms with Crippen LogP contribution in [-0.2, 0) is 6.42 Å². The van der Waals surface area contributed by atoms with Crippen molar-refractivity contribution < 1.29 is 4.79 Å². The smallest absolute Gasteiger partial charge is 0.253 e. The normalized spacial score (nSPS) is 22.9. The van der Waals surface area contributed by atoms with E-state index in [4.69, 9.17) is 5.73 Å². The van der Waals surface area contributed by atoms with Crippen LogP contribution in [0.15, 0.2) is 24.3 Å². The van der Waals surface area contributed by atoms with Gasteiger partial charge in [0.15, 0.2) is 0 Å². The number of hydrogen-bond acceptors (Lipinski definition) is 3.